The van der Waals surface area contributed by atoms with Crippen molar-refractivity contribution in [1.29, 1.82) is 0 Å². The molecule has 1 fully saturated rings. The summed E-state index contributed by atoms with van der Waals surface area (Å²) in [6.45, 7) is 3.36. The standard InChI is InChI=1S/C30H34N8O3/c1-5-28(39)32-23-17-24(26(40-4)18-25(23)37-13-15-41-16-14-37)33-30-31-12-11-27(34-30)38-20-22(19-36(2)3)29(35-38)21-9-7-6-8-10-21/h5-12,17-18,20H,1,13-16,19H2,2-4H3,(H,32,39)(H,31,33,34)/i4D3,19D2,20D. The highest BCUT2D eigenvalue weighted by Gasteiger charge is 2.20. The third-order valence-corrected chi connectivity index (χ3v) is 6.14. The molecule has 1 saturated heterocycles. The predicted octanol–water partition coefficient (Wildman–Crippen LogP) is 4.10. The van der Waals surface area contributed by atoms with E-state index in [2.05, 4.69) is 32.3 Å². The second-order valence-corrected chi connectivity index (χ2v) is 9.24. The number of carbonyl (C=O) groups excluding carboxylic acids is 1. The highest BCUT2D eigenvalue weighted by Crippen LogP contribution is 2.38. The van der Waals surface area contributed by atoms with Gasteiger partial charge in [-0.2, -0.15) is 10.1 Å². The summed E-state index contributed by atoms with van der Waals surface area (Å²) < 4.78 is 61.8. The number of nitrogens with one attached hydrogen (secondary N) is 2. The van der Waals surface area contributed by atoms with Gasteiger partial charge in [0.25, 0.3) is 0 Å². The van der Waals surface area contributed by atoms with Gasteiger partial charge in [-0.25, -0.2) is 9.67 Å². The zero-order chi connectivity index (χ0) is 33.9. The van der Waals surface area contributed by atoms with E-state index in [1.165, 1.54) is 34.0 Å². The molecular formula is C30H34N8O3. The molecule has 2 aromatic heterocycles. The molecule has 41 heavy (non-hydrogen) atoms. The van der Waals surface area contributed by atoms with Gasteiger partial charge in [0.1, 0.15) is 5.75 Å². The van der Waals surface area contributed by atoms with Crippen molar-refractivity contribution in [3.63, 3.8) is 0 Å². The molecule has 2 N–H and O–H groups in total. The maximum absolute atomic E-state index is 12.4. The van der Waals surface area contributed by atoms with Gasteiger partial charge in [-0.05, 0) is 26.2 Å². The van der Waals surface area contributed by atoms with E-state index in [0.717, 1.165) is 6.08 Å². The third-order valence-electron chi connectivity index (χ3n) is 6.14. The molecule has 11 heteroatoms. The van der Waals surface area contributed by atoms with Crippen molar-refractivity contribution in [3.05, 3.63) is 79.1 Å². The highest BCUT2D eigenvalue weighted by molar-refractivity contribution is 6.02. The van der Waals surface area contributed by atoms with Crippen LogP contribution in [0, 0.1) is 0 Å². The number of benzene rings is 2. The summed E-state index contributed by atoms with van der Waals surface area (Å²) in [6.07, 6.45) is 2.32. The van der Waals surface area contributed by atoms with E-state index in [0.29, 0.717) is 43.2 Å². The minimum absolute atomic E-state index is 0.00802. The van der Waals surface area contributed by atoms with Gasteiger partial charge in [0.05, 0.1) is 48.5 Å². The third kappa shape index (κ3) is 6.53. The summed E-state index contributed by atoms with van der Waals surface area (Å²) in [7, 11) is 0.346. The molecule has 3 heterocycles. The molecule has 1 aliphatic rings. The van der Waals surface area contributed by atoms with E-state index >= 15 is 0 Å². The maximum Gasteiger partial charge on any atom is 0.247 e. The molecule has 0 unspecified atom stereocenters. The summed E-state index contributed by atoms with van der Waals surface area (Å²) in [5.74, 6) is -0.386. The van der Waals surface area contributed by atoms with Gasteiger partial charge in [-0.3, -0.25) is 4.79 Å². The van der Waals surface area contributed by atoms with Crippen molar-refractivity contribution < 1.29 is 22.5 Å². The molecule has 212 valence electrons. The molecule has 1 amide bonds. The average Bonchev–Trinajstić information content (AvgIpc) is 3.40. The summed E-state index contributed by atoms with van der Waals surface area (Å²) in [4.78, 5) is 24.5. The first-order valence-corrected chi connectivity index (χ1v) is 12.8. The van der Waals surface area contributed by atoms with Crippen LogP contribution in [0.4, 0.5) is 23.0 Å². The van der Waals surface area contributed by atoms with Crippen molar-refractivity contribution in [3.8, 4) is 22.8 Å². The number of hydrogen-bond acceptors (Lipinski definition) is 9. The number of amides is 1. The van der Waals surface area contributed by atoms with E-state index in [9.17, 15) is 4.79 Å². The Hall–Kier alpha value is -4.74. The number of rotatable bonds is 10. The van der Waals surface area contributed by atoms with Gasteiger partial charge in [-0.15, -0.1) is 0 Å². The number of anilines is 4. The molecule has 1 aliphatic heterocycles. The number of hydrogen-bond donors (Lipinski definition) is 2. The summed E-state index contributed by atoms with van der Waals surface area (Å²) >= 11 is 0. The fourth-order valence-electron chi connectivity index (χ4n) is 4.29. The summed E-state index contributed by atoms with van der Waals surface area (Å²) in [6, 6.07) is 13.5. The molecule has 0 spiro atoms. The largest absolute Gasteiger partial charge is 0.494 e. The topological polar surface area (TPSA) is 110 Å². The zero-order valence-corrected chi connectivity index (χ0v) is 22.7. The summed E-state index contributed by atoms with van der Waals surface area (Å²) in [5, 5.41) is 10.4. The Morgan fingerprint density at radius 1 is 1.24 bits per heavy atom. The Balaban J connectivity index is 1.60. The van der Waals surface area contributed by atoms with Crippen LogP contribution in [0.1, 0.15) is 13.8 Å². The van der Waals surface area contributed by atoms with Crippen LogP contribution in [0.25, 0.3) is 17.1 Å². The minimum Gasteiger partial charge on any atom is -0.494 e. The second kappa shape index (κ2) is 12.6. The lowest BCUT2D eigenvalue weighted by Crippen LogP contribution is -2.36. The second-order valence-electron chi connectivity index (χ2n) is 9.24. The normalized spacial score (nSPS) is 16.0. The van der Waals surface area contributed by atoms with E-state index in [-0.39, 0.29) is 40.6 Å². The lowest BCUT2D eigenvalue weighted by Gasteiger charge is -2.31. The van der Waals surface area contributed by atoms with Crippen LogP contribution >= 0.6 is 0 Å². The smallest absolute Gasteiger partial charge is 0.247 e. The molecular weight excluding hydrogens is 520 g/mol. The zero-order valence-electron chi connectivity index (χ0n) is 28.7. The maximum atomic E-state index is 12.4. The fourth-order valence-corrected chi connectivity index (χ4v) is 4.29. The van der Waals surface area contributed by atoms with Crippen molar-refractivity contribution in [1.82, 2.24) is 24.6 Å². The highest BCUT2D eigenvalue weighted by atomic mass is 16.5. The number of nitrogens with zero attached hydrogens (tertiary/aromatic N) is 6. The lowest BCUT2D eigenvalue weighted by atomic mass is 10.1. The molecule has 11 nitrogen and oxygen atoms in total. The first-order chi connectivity index (χ1) is 22.3. The first-order valence-electron chi connectivity index (χ1n) is 15.8. The average molecular weight is 561 g/mol. The van der Waals surface area contributed by atoms with Gasteiger partial charge in [0.15, 0.2) is 5.82 Å². The Kier molecular flexibility index (Phi) is 6.49. The van der Waals surface area contributed by atoms with Crippen LogP contribution in [0.5, 0.6) is 5.75 Å². The van der Waals surface area contributed by atoms with Crippen molar-refractivity contribution in [2.45, 2.75) is 6.50 Å². The molecule has 4 aromatic rings. The Bertz CT molecular complexity index is 1760. The van der Waals surface area contributed by atoms with E-state index in [1.807, 2.05) is 11.0 Å². The van der Waals surface area contributed by atoms with Gasteiger partial charge < -0.3 is 29.9 Å². The van der Waals surface area contributed by atoms with Gasteiger partial charge in [-0.1, -0.05) is 36.9 Å². The van der Waals surface area contributed by atoms with Crippen LogP contribution < -0.4 is 20.3 Å². The van der Waals surface area contributed by atoms with Crippen LogP contribution in [-0.4, -0.2) is 78.0 Å². The Labute approximate surface area is 247 Å². The minimum atomic E-state index is -2.81. The van der Waals surface area contributed by atoms with Crippen molar-refractivity contribution in [2.24, 2.45) is 0 Å². The van der Waals surface area contributed by atoms with Crippen LogP contribution in [0.15, 0.2) is 73.6 Å². The van der Waals surface area contributed by atoms with Gasteiger partial charge in [0.2, 0.25) is 11.9 Å². The van der Waals surface area contributed by atoms with Crippen molar-refractivity contribution >= 4 is 28.9 Å². The lowest BCUT2D eigenvalue weighted by molar-refractivity contribution is -0.111. The quantitative estimate of drug-likeness (QED) is 0.277. The number of ether oxygens (including phenoxy) is 2. The van der Waals surface area contributed by atoms with E-state index in [4.69, 9.17) is 17.7 Å². The molecule has 0 aliphatic carbocycles. The molecule has 0 atom stereocenters. The van der Waals surface area contributed by atoms with Gasteiger partial charge in [0, 0.05) is 58.0 Å². The molecule has 2 aromatic carbocycles. The number of aromatic nitrogens is 4. The van der Waals surface area contributed by atoms with Crippen LogP contribution in [0.2, 0.25) is 0 Å². The molecule has 0 bridgehead atoms. The number of morpholine rings is 1. The molecule has 0 saturated carbocycles. The van der Waals surface area contributed by atoms with Crippen molar-refractivity contribution in [2.75, 3.05) is 63.0 Å². The van der Waals surface area contributed by atoms with Gasteiger partial charge >= 0.3 is 0 Å². The molecule has 0 radical (unpaired) electrons. The molecule has 5 rings (SSSR count). The Morgan fingerprint density at radius 2 is 2.05 bits per heavy atom. The van der Waals surface area contributed by atoms with Crippen LogP contribution in [0.3, 0.4) is 0 Å². The van der Waals surface area contributed by atoms with E-state index < -0.39 is 19.4 Å². The SMILES string of the molecule is [2H]c1c(C([2H])([2H])N(C)C)c(-c2ccccc2)nn1-c1ccnc(Nc2cc(NC(=O)C=C)c(N3CCOCC3)cc2OC([2H])([2H])[2H])n1. The van der Waals surface area contributed by atoms with Crippen LogP contribution in [-0.2, 0) is 16.0 Å². The first kappa shape index (κ1) is 21.1. The number of carbonyl (C=O) groups is 1. The summed E-state index contributed by atoms with van der Waals surface area (Å²) in [5.41, 5.74) is 1.96. The Morgan fingerprint density at radius 3 is 2.78 bits per heavy atom. The van der Waals surface area contributed by atoms with E-state index in [1.54, 1.807) is 38.4 Å². The monoisotopic (exact) mass is 560 g/mol. The number of methoxy groups -OCH3 is 1. The predicted molar refractivity (Wildman–Crippen MR) is 160 cm³/mol. The fraction of sp³-hybridized carbons (Fsp3) is 0.267.